The third kappa shape index (κ3) is 5.42. The summed E-state index contributed by atoms with van der Waals surface area (Å²) in [5.41, 5.74) is 2.52. The van der Waals surface area contributed by atoms with E-state index in [0.717, 1.165) is 0 Å². The standard InChI is InChI=1S/C17H22N2O5/c1-5-16(19-23-4)12(2)18-24-10-13-8-6-7-9-14(13)15(11-22-3)17(20)21/h6-9,11H,5,10H2,1-4H3,(H,20,21). The highest BCUT2D eigenvalue weighted by Crippen LogP contribution is 2.20. The fourth-order valence-corrected chi connectivity index (χ4v) is 2.00. The minimum Gasteiger partial charge on any atom is -0.503 e. The number of rotatable bonds is 9. The Morgan fingerprint density at radius 1 is 1.25 bits per heavy atom. The first-order valence-corrected chi connectivity index (χ1v) is 7.36. The van der Waals surface area contributed by atoms with E-state index >= 15 is 0 Å². The third-order valence-corrected chi connectivity index (χ3v) is 3.15. The summed E-state index contributed by atoms with van der Waals surface area (Å²) >= 11 is 0. The van der Waals surface area contributed by atoms with Crippen LogP contribution < -0.4 is 0 Å². The monoisotopic (exact) mass is 334 g/mol. The topological polar surface area (TPSA) is 89.7 Å². The van der Waals surface area contributed by atoms with Crippen LogP contribution in [0.15, 0.2) is 40.8 Å². The zero-order valence-electron chi connectivity index (χ0n) is 14.3. The maximum absolute atomic E-state index is 11.4. The number of ether oxygens (including phenoxy) is 1. The highest BCUT2D eigenvalue weighted by atomic mass is 16.6. The van der Waals surface area contributed by atoms with E-state index in [0.29, 0.717) is 29.0 Å². The lowest BCUT2D eigenvalue weighted by Gasteiger charge is -2.09. The molecule has 0 heterocycles. The Balaban J connectivity index is 2.96. The Labute approximate surface area is 141 Å². The van der Waals surface area contributed by atoms with Gasteiger partial charge in [0.05, 0.1) is 13.4 Å². The van der Waals surface area contributed by atoms with E-state index in [-0.39, 0.29) is 12.2 Å². The van der Waals surface area contributed by atoms with Crippen LogP contribution in [-0.4, -0.2) is 36.7 Å². The zero-order chi connectivity index (χ0) is 17.9. The predicted molar refractivity (Wildman–Crippen MR) is 91.7 cm³/mol. The van der Waals surface area contributed by atoms with Gasteiger partial charge >= 0.3 is 5.97 Å². The molecule has 0 saturated heterocycles. The quantitative estimate of drug-likeness (QED) is 0.324. The molecule has 0 spiro atoms. The van der Waals surface area contributed by atoms with Crippen molar-refractivity contribution in [1.82, 2.24) is 0 Å². The summed E-state index contributed by atoms with van der Waals surface area (Å²) < 4.78 is 4.85. The fraction of sp³-hybridized carbons (Fsp3) is 0.353. The number of methoxy groups -OCH3 is 1. The molecule has 7 nitrogen and oxygen atoms in total. The van der Waals surface area contributed by atoms with Gasteiger partial charge < -0.3 is 19.5 Å². The number of hydrogen-bond acceptors (Lipinski definition) is 6. The van der Waals surface area contributed by atoms with E-state index in [9.17, 15) is 9.90 Å². The summed E-state index contributed by atoms with van der Waals surface area (Å²) in [5.74, 6) is -1.08. The summed E-state index contributed by atoms with van der Waals surface area (Å²) in [7, 11) is 2.87. The van der Waals surface area contributed by atoms with Gasteiger partial charge in [0.25, 0.3) is 0 Å². The normalized spacial score (nSPS) is 12.8. The van der Waals surface area contributed by atoms with Crippen LogP contribution >= 0.6 is 0 Å². The van der Waals surface area contributed by atoms with Crippen LogP contribution in [0.5, 0.6) is 0 Å². The largest absolute Gasteiger partial charge is 0.503 e. The molecule has 0 aliphatic carbocycles. The van der Waals surface area contributed by atoms with Gasteiger partial charge in [-0.2, -0.15) is 0 Å². The molecule has 0 unspecified atom stereocenters. The fourth-order valence-electron chi connectivity index (χ4n) is 2.00. The number of carboxylic acids is 1. The van der Waals surface area contributed by atoms with E-state index in [1.54, 1.807) is 31.2 Å². The molecule has 0 aromatic heterocycles. The van der Waals surface area contributed by atoms with E-state index in [2.05, 4.69) is 10.3 Å². The number of carbonyl (C=O) groups is 1. The molecule has 0 atom stereocenters. The Morgan fingerprint density at radius 2 is 1.96 bits per heavy atom. The molecule has 7 heteroatoms. The molecule has 0 aliphatic rings. The summed E-state index contributed by atoms with van der Waals surface area (Å²) in [6, 6.07) is 7.02. The average molecular weight is 334 g/mol. The zero-order valence-corrected chi connectivity index (χ0v) is 14.3. The lowest BCUT2D eigenvalue weighted by Crippen LogP contribution is -2.10. The maximum atomic E-state index is 11.4. The lowest BCUT2D eigenvalue weighted by atomic mass is 10.0. The Kier molecular flexibility index (Phi) is 8.04. The molecule has 24 heavy (non-hydrogen) atoms. The SMILES string of the molecule is CCC(=NOC)C(C)=NOCc1ccccc1C(=COC)C(=O)O. The van der Waals surface area contributed by atoms with Crippen LogP contribution in [-0.2, 0) is 25.8 Å². The number of nitrogens with zero attached hydrogens (tertiary/aromatic N) is 2. The van der Waals surface area contributed by atoms with Gasteiger partial charge in [-0.1, -0.05) is 41.5 Å². The number of aliphatic carboxylic acids is 1. The Hall–Kier alpha value is -2.83. The number of hydrogen-bond donors (Lipinski definition) is 1. The number of carboxylic acid groups (broad SMARTS) is 1. The van der Waals surface area contributed by atoms with Crippen LogP contribution in [0.2, 0.25) is 0 Å². The minimum absolute atomic E-state index is 0.0487. The summed E-state index contributed by atoms with van der Waals surface area (Å²) in [6.45, 7) is 3.81. The van der Waals surface area contributed by atoms with Crippen molar-refractivity contribution < 1.29 is 24.3 Å². The third-order valence-electron chi connectivity index (χ3n) is 3.15. The van der Waals surface area contributed by atoms with Crippen LogP contribution in [0.25, 0.3) is 5.57 Å². The molecular formula is C17H22N2O5. The summed E-state index contributed by atoms with van der Waals surface area (Å²) in [6.07, 6.45) is 1.85. The molecule has 1 aromatic carbocycles. The van der Waals surface area contributed by atoms with Crippen molar-refractivity contribution in [2.75, 3.05) is 14.2 Å². The second kappa shape index (κ2) is 10.0. The molecule has 0 radical (unpaired) electrons. The molecule has 0 aliphatic heterocycles. The Bertz CT molecular complexity index is 650. The molecular weight excluding hydrogens is 312 g/mol. The molecule has 1 N–H and O–H groups in total. The van der Waals surface area contributed by atoms with Crippen LogP contribution in [0, 0.1) is 0 Å². The highest BCUT2D eigenvalue weighted by Gasteiger charge is 2.15. The average Bonchev–Trinajstić information content (AvgIpc) is 2.57. The second-order valence-electron chi connectivity index (χ2n) is 4.75. The first-order chi connectivity index (χ1) is 11.5. The number of benzene rings is 1. The first kappa shape index (κ1) is 19.2. The van der Waals surface area contributed by atoms with Crippen molar-refractivity contribution in [3.05, 3.63) is 41.7 Å². The van der Waals surface area contributed by atoms with E-state index in [4.69, 9.17) is 14.4 Å². The smallest absolute Gasteiger partial charge is 0.339 e. The summed E-state index contributed by atoms with van der Waals surface area (Å²) in [4.78, 5) is 21.5. The van der Waals surface area contributed by atoms with Gasteiger partial charge in [-0.15, -0.1) is 0 Å². The number of oxime groups is 2. The van der Waals surface area contributed by atoms with Crippen molar-refractivity contribution >= 4 is 23.0 Å². The minimum atomic E-state index is -1.08. The molecule has 0 saturated carbocycles. The van der Waals surface area contributed by atoms with Gasteiger partial charge in [-0.05, 0) is 18.9 Å². The van der Waals surface area contributed by atoms with Crippen LogP contribution in [0.1, 0.15) is 31.4 Å². The van der Waals surface area contributed by atoms with Crippen molar-refractivity contribution in [3.8, 4) is 0 Å². The van der Waals surface area contributed by atoms with Gasteiger partial charge in [-0.3, -0.25) is 0 Å². The van der Waals surface area contributed by atoms with E-state index in [1.807, 2.05) is 6.92 Å². The van der Waals surface area contributed by atoms with E-state index < -0.39 is 5.97 Å². The van der Waals surface area contributed by atoms with Crippen molar-refractivity contribution in [2.24, 2.45) is 10.3 Å². The van der Waals surface area contributed by atoms with Crippen molar-refractivity contribution in [3.63, 3.8) is 0 Å². The second-order valence-corrected chi connectivity index (χ2v) is 4.75. The Morgan fingerprint density at radius 3 is 2.54 bits per heavy atom. The predicted octanol–water partition coefficient (Wildman–Crippen LogP) is 3.06. The van der Waals surface area contributed by atoms with Crippen molar-refractivity contribution in [2.45, 2.75) is 26.9 Å². The van der Waals surface area contributed by atoms with Crippen LogP contribution in [0.3, 0.4) is 0 Å². The first-order valence-electron chi connectivity index (χ1n) is 7.36. The molecule has 0 amide bonds. The van der Waals surface area contributed by atoms with Gasteiger partial charge in [0, 0.05) is 5.56 Å². The molecule has 0 fully saturated rings. The van der Waals surface area contributed by atoms with Gasteiger partial charge in [0.15, 0.2) is 0 Å². The van der Waals surface area contributed by atoms with E-state index in [1.165, 1.54) is 20.5 Å². The summed E-state index contributed by atoms with van der Waals surface area (Å²) in [5, 5.41) is 17.2. The maximum Gasteiger partial charge on any atom is 0.339 e. The van der Waals surface area contributed by atoms with Crippen molar-refractivity contribution in [1.29, 1.82) is 0 Å². The van der Waals surface area contributed by atoms with Gasteiger partial charge in [-0.25, -0.2) is 4.79 Å². The molecule has 1 rings (SSSR count). The lowest BCUT2D eigenvalue weighted by molar-refractivity contribution is -0.130. The molecule has 0 bridgehead atoms. The van der Waals surface area contributed by atoms with Gasteiger partial charge in [0.1, 0.15) is 30.7 Å². The highest BCUT2D eigenvalue weighted by molar-refractivity contribution is 6.41. The van der Waals surface area contributed by atoms with Crippen LogP contribution in [0.4, 0.5) is 0 Å². The molecule has 130 valence electrons. The molecule has 1 aromatic rings. The van der Waals surface area contributed by atoms with Gasteiger partial charge in [0.2, 0.25) is 0 Å².